The Bertz CT molecular complexity index is 1670. The monoisotopic (exact) mass is 626 g/mol. The molecule has 0 bridgehead atoms. The number of nitrogens with zero attached hydrogens (tertiary/aromatic N) is 4. The molecule has 2 atom stereocenters. The summed E-state index contributed by atoms with van der Waals surface area (Å²) in [6.07, 6.45) is -3.22. The molecule has 2 aromatic carbocycles. The van der Waals surface area contributed by atoms with Crippen molar-refractivity contribution in [2.24, 2.45) is 5.92 Å². The molecule has 0 aliphatic carbocycles. The van der Waals surface area contributed by atoms with Crippen LogP contribution in [0.5, 0.6) is 0 Å². The van der Waals surface area contributed by atoms with Gasteiger partial charge in [0, 0.05) is 78.5 Å². The highest BCUT2D eigenvalue weighted by atomic mass is 35.5. The van der Waals surface area contributed by atoms with Crippen molar-refractivity contribution in [1.82, 2.24) is 14.5 Å². The lowest BCUT2D eigenvalue weighted by molar-refractivity contribution is -0.137. The molecule has 2 unspecified atom stereocenters. The first-order valence-electron chi connectivity index (χ1n) is 13.2. The number of benzene rings is 2. The van der Waals surface area contributed by atoms with Gasteiger partial charge >= 0.3 is 11.9 Å². The number of ether oxygens (including phenoxy) is 1. The molecule has 2 saturated heterocycles. The van der Waals surface area contributed by atoms with Crippen LogP contribution in [-0.4, -0.2) is 65.0 Å². The van der Waals surface area contributed by atoms with Gasteiger partial charge in [0.05, 0.1) is 22.2 Å². The van der Waals surface area contributed by atoms with E-state index in [0.717, 1.165) is 30.3 Å². The lowest BCUT2D eigenvalue weighted by Crippen LogP contribution is -2.49. The van der Waals surface area contributed by atoms with Crippen molar-refractivity contribution in [3.63, 3.8) is 0 Å². The number of rotatable bonds is 4. The van der Waals surface area contributed by atoms with Crippen LogP contribution < -0.4 is 10.6 Å². The average molecular weight is 627 g/mol. The van der Waals surface area contributed by atoms with Crippen LogP contribution in [0.2, 0.25) is 5.02 Å². The Morgan fingerprint density at radius 2 is 1.86 bits per heavy atom. The van der Waals surface area contributed by atoms with Gasteiger partial charge in [0.25, 0.3) is 0 Å². The zero-order valence-corrected chi connectivity index (χ0v) is 23.6. The standard InChI is InChI=1S/C28H24ClF5N4O3S/c1-2-22(39)36-4-6-37(7-5-36)26-16-9-17(28(32,33)34)23(15-10-18(29)20(31)11-19(15)30)25-24(16)38(27(40)35-26)12-14(13-42-25)21-3-8-41-21/h2,9-11,14,21H,1,3-8,12-13H2. The van der Waals surface area contributed by atoms with Crippen molar-refractivity contribution < 1.29 is 31.5 Å². The van der Waals surface area contributed by atoms with E-state index >= 15 is 4.39 Å². The van der Waals surface area contributed by atoms with Gasteiger partial charge in [-0.25, -0.2) is 13.6 Å². The molecule has 3 aromatic rings. The third-order valence-electron chi connectivity index (χ3n) is 7.97. The fraction of sp³-hybridized carbons (Fsp3) is 0.393. The summed E-state index contributed by atoms with van der Waals surface area (Å²) in [5.41, 5.74) is -2.68. The molecule has 2 fully saturated rings. The Labute approximate surface area is 245 Å². The number of carbonyl (C=O) groups excluding carboxylic acids is 1. The summed E-state index contributed by atoms with van der Waals surface area (Å²) >= 11 is 7.01. The first-order valence-corrected chi connectivity index (χ1v) is 14.6. The number of anilines is 1. The van der Waals surface area contributed by atoms with Crippen LogP contribution in [0.1, 0.15) is 12.0 Å². The molecule has 0 radical (unpaired) electrons. The van der Waals surface area contributed by atoms with Crippen LogP contribution >= 0.6 is 23.4 Å². The van der Waals surface area contributed by atoms with Gasteiger partial charge in [-0.15, -0.1) is 11.8 Å². The van der Waals surface area contributed by atoms with Gasteiger partial charge in [-0.2, -0.15) is 18.2 Å². The second-order valence-corrected chi connectivity index (χ2v) is 11.8. The minimum absolute atomic E-state index is 0.0319. The highest BCUT2D eigenvalue weighted by molar-refractivity contribution is 7.99. The maximum Gasteiger partial charge on any atom is 0.417 e. The van der Waals surface area contributed by atoms with E-state index in [1.165, 1.54) is 10.6 Å². The summed E-state index contributed by atoms with van der Waals surface area (Å²) in [7, 11) is 0. The predicted octanol–water partition coefficient (Wildman–Crippen LogP) is 5.36. The summed E-state index contributed by atoms with van der Waals surface area (Å²) < 4.78 is 80.7. The fourth-order valence-corrected chi connectivity index (χ4v) is 7.33. The number of amides is 1. The highest BCUT2D eigenvalue weighted by Gasteiger charge is 2.40. The molecule has 222 valence electrons. The first-order chi connectivity index (χ1) is 20.0. The van der Waals surface area contributed by atoms with Crippen molar-refractivity contribution in [3.05, 3.63) is 63.6 Å². The summed E-state index contributed by atoms with van der Waals surface area (Å²) in [4.78, 5) is 33.2. The van der Waals surface area contributed by atoms with E-state index in [4.69, 9.17) is 16.3 Å². The van der Waals surface area contributed by atoms with E-state index < -0.39 is 45.2 Å². The number of halogens is 6. The van der Waals surface area contributed by atoms with Gasteiger partial charge in [0.2, 0.25) is 5.91 Å². The number of hydrogen-bond acceptors (Lipinski definition) is 6. The first kappa shape index (κ1) is 28.9. The summed E-state index contributed by atoms with van der Waals surface area (Å²) in [5.74, 6) is -2.48. The zero-order chi connectivity index (χ0) is 29.9. The van der Waals surface area contributed by atoms with Crippen molar-refractivity contribution in [3.8, 4) is 11.1 Å². The van der Waals surface area contributed by atoms with Gasteiger partial charge in [-0.3, -0.25) is 9.36 Å². The third kappa shape index (κ3) is 4.94. The number of aromatic nitrogens is 2. The number of thioether (sulfide) groups is 1. The normalized spacial score (nSPS) is 20.8. The van der Waals surface area contributed by atoms with E-state index in [1.807, 2.05) is 0 Å². The number of alkyl halides is 3. The molecule has 0 N–H and O–H groups in total. The van der Waals surface area contributed by atoms with E-state index in [-0.39, 0.29) is 72.3 Å². The lowest BCUT2D eigenvalue weighted by Gasteiger charge is -2.36. The molecule has 0 saturated carbocycles. The minimum atomic E-state index is -4.95. The minimum Gasteiger partial charge on any atom is -0.378 e. The van der Waals surface area contributed by atoms with Gasteiger partial charge < -0.3 is 14.5 Å². The Morgan fingerprint density at radius 3 is 2.48 bits per heavy atom. The SMILES string of the molecule is C=CC(=O)N1CCN(c2nc(=O)n3c4c(c(-c5cc(Cl)c(F)cc5F)c(C(F)(F)F)cc24)SCC(C2CCO2)C3)CC1. The van der Waals surface area contributed by atoms with Crippen LogP contribution in [-0.2, 0) is 22.3 Å². The molecular formula is C28H24ClF5N4O3S. The predicted molar refractivity (Wildman–Crippen MR) is 149 cm³/mol. The van der Waals surface area contributed by atoms with Gasteiger partial charge in [0.15, 0.2) is 0 Å². The van der Waals surface area contributed by atoms with Crippen LogP contribution in [0, 0.1) is 17.6 Å². The van der Waals surface area contributed by atoms with Crippen molar-refractivity contribution in [2.75, 3.05) is 43.4 Å². The maximum absolute atomic E-state index is 15.2. The molecule has 4 heterocycles. The Kier molecular flexibility index (Phi) is 7.47. The molecule has 7 nitrogen and oxygen atoms in total. The molecule has 6 rings (SSSR count). The van der Waals surface area contributed by atoms with Crippen LogP contribution in [0.3, 0.4) is 0 Å². The second-order valence-electron chi connectivity index (χ2n) is 10.4. The second kappa shape index (κ2) is 10.8. The van der Waals surface area contributed by atoms with Crippen molar-refractivity contribution >= 4 is 46.0 Å². The highest BCUT2D eigenvalue weighted by Crippen LogP contribution is 2.50. The number of piperazine rings is 1. The molecule has 14 heteroatoms. The third-order valence-corrected chi connectivity index (χ3v) is 9.54. The molecule has 0 spiro atoms. The van der Waals surface area contributed by atoms with Gasteiger partial charge in [-0.1, -0.05) is 18.2 Å². The molecular weight excluding hydrogens is 603 g/mol. The largest absolute Gasteiger partial charge is 0.417 e. The van der Waals surface area contributed by atoms with Crippen LogP contribution in [0.15, 0.2) is 40.5 Å². The average Bonchev–Trinajstić information content (AvgIpc) is 3.12. The van der Waals surface area contributed by atoms with E-state index in [1.54, 1.807) is 9.80 Å². The number of carbonyl (C=O) groups is 1. The topological polar surface area (TPSA) is 67.7 Å². The Hall–Kier alpha value is -3.16. The molecule has 1 aromatic heterocycles. The van der Waals surface area contributed by atoms with Crippen molar-refractivity contribution in [2.45, 2.75) is 30.1 Å². The molecule has 42 heavy (non-hydrogen) atoms. The van der Waals surface area contributed by atoms with Gasteiger partial charge in [0.1, 0.15) is 17.5 Å². The molecule has 1 amide bonds. The van der Waals surface area contributed by atoms with E-state index in [0.29, 0.717) is 18.4 Å². The quantitative estimate of drug-likeness (QED) is 0.221. The van der Waals surface area contributed by atoms with E-state index in [2.05, 4.69) is 11.6 Å². The summed E-state index contributed by atoms with van der Waals surface area (Å²) in [5, 5.41) is -0.466. The lowest BCUT2D eigenvalue weighted by atomic mass is 9.95. The maximum atomic E-state index is 15.2. The fourth-order valence-electron chi connectivity index (χ4n) is 5.75. The summed E-state index contributed by atoms with van der Waals surface area (Å²) in [6, 6.07) is 2.18. The molecule has 3 aliphatic heterocycles. The number of hydrogen-bond donors (Lipinski definition) is 0. The van der Waals surface area contributed by atoms with Crippen LogP contribution in [0.4, 0.5) is 27.8 Å². The van der Waals surface area contributed by atoms with Crippen LogP contribution in [0.25, 0.3) is 22.0 Å². The zero-order valence-electron chi connectivity index (χ0n) is 22.0. The Morgan fingerprint density at radius 1 is 1.14 bits per heavy atom. The smallest absolute Gasteiger partial charge is 0.378 e. The summed E-state index contributed by atoms with van der Waals surface area (Å²) in [6.45, 7) is 5.12. The Balaban J connectivity index is 1.62. The van der Waals surface area contributed by atoms with Gasteiger partial charge in [-0.05, 0) is 24.6 Å². The van der Waals surface area contributed by atoms with E-state index in [9.17, 15) is 27.2 Å². The van der Waals surface area contributed by atoms with Crippen molar-refractivity contribution in [1.29, 1.82) is 0 Å². The molecule has 3 aliphatic rings.